The van der Waals surface area contributed by atoms with Crippen molar-refractivity contribution >= 4 is 66.5 Å². The van der Waals surface area contributed by atoms with E-state index in [1.54, 1.807) is 0 Å². The van der Waals surface area contributed by atoms with Gasteiger partial charge in [0.15, 0.2) is 0 Å². The molecule has 0 unspecified atom stereocenters. The molecule has 0 aliphatic carbocycles. The number of para-hydroxylation sites is 3. The number of anilines is 3. The van der Waals surface area contributed by atoms with E-state index in [9.17, 15) is 0 Å². The molecule has 3 heterocycles. The molecule has 0 spiro atoms. The Morgan fingerprint density at radius 3 is 1.58 bits per heavy atom. The molecule has 0 bridgehead atoms. The van der Waals surface area contributed by atoms with Crippen molar-refractivity contribution in [3.8, 4) is 22.3 Å². The van der Waals surface area contributed by atoms with E-state index >= 15 is 0 Å². The Morgan fingerprint density at radius 1 is 0.380 bits per heavy atom. The molecule has 0 saturated carbocycles. The largest absolute Gasteiger partial charge is 0.310 e. The van der Waals surface area contributed by atoms with Crippen molar-refractivity contribution in [1.82, 2.24) is 14.4 Å². The molecular weight excluding hydrogens is 609 g/mol. The number of hydrogen-bond donors (Lipinski definition) is 0. The lowest BCUT2D eigenvalue weighted by atomic mass is 10.0. The average Bonchev–Trinajstić information content (AvgIpc) is 3.59. The van der Waals surface area contributed by atoms with E-state index in [2.05, 4.69) is 185 Å². The highest BCUT2D eigenvalue weighted by Gasteiger charge is 2.19. The first kappa shape index (κ1) is 28.3. The molecule has 3 aromatic heterocycles. The van der Waals surface area contributed by atoms with E-state index in [1.165, 1.54) is 22.3 Å². The van der Waals surface area contributed by atoms with Gasteiger partial charge < -0.3 is 4.90 Å². The Bertz CT molecular complexity index is 2760. The van der Waals surface area contributed by atoms with Gasteiger partial charge in [-0.15, -0.1) is 0 Å². The normalized spacial score (nSPS) is 11.6. The standard InChI is InChI=1S/C46H30N4/c1-3-11-31(12-4-1)33-19-23-36(24-20-33)49(37-25-21-34(22-26-37)32-13-5-2-6-14-32)38-27-28-39-44(30-38)50-43-18-10-9-17-42(43)48-46(50)40-29-35-15-7-8-16-41(35)47-45(39)40/h1-30H. The summed E-state index contributed by atoms with van der Waals surface area (Å²) in [7, 11) is 0. The van der Waals surface area contributed by atoms with Gasteiger partial charge >= 0.3 is 0 Å². The van der Waals surface area contributed by atoms with Crippen LogP contribution in [-0.2, 0) is 0 Å². The Kier molecular flexibility index (Phi) is 6.46. The number of benzene rings is 7. The minimum Gasteiger partial charge on any atom is -0.310 e. The van der Waals surface area contributed by atoms with Gasteiger partial charge in [-0.1, -0.05) is 115 Å². The van der Waals surface area contributed by atoms with Gasteiger partial charge in [0.25, 0.3) is 0 Å². The summed E-state index contributed by atoms with van der Waals surface area (Å²) < 4.78 is 2.31. The van der Waals surface area contributed by atoms with Crippen molar-refractivity contribution < 1.29 is 0 Å². The Balaban J connectivity index is 1.21. The Morgan fingerprint density at radius 2 is 0.920 bits per heavy atom. The van der Waals surface area contributed by atoms with Gasteiger partial charge in [0.05, 0.1) is 27.6 Å². The average molecular weight is 639 g/mol. The van der Waals surface area contributed by atoms with Gasteiger partial charge in [0.2, 0.25) is 0 Å². The molecule has 0 atom stereocenters. The van der Waals surface area contributed by atoms with E-state index in [0.717, 1.165) is 66.5 Å². The fourth-order valence-electron chi connectivity index (χ4n) is 7.30. The maximum Gasteiger partial charge on any atom is 0.147 e. The maximum atomic E-state index is 5.23. The lowest BCUT2D eigenvalue weighted by Gasteiger charge is -2.26. The fraction of sp³-hybridized carbons (Fsp3) is 0. The summed E-state index contributed by atoms with van der Waals surface area (Å²) >= 11 is 0. The van der Waals surface area contributed by atoms with E-state index in [1.807, 2.05) is 6.07 Å². The molecular formula is C46H30N4. The van der Waals surface area contributed by atoms with Crippen LogP contribution in [0.2, 0.25) is 0 Å². The van der Waals surface area contributed by atoms with E-state index < -0.39 is 0 Å². The topological polar surface area (TPSA) is 33.4 Å². The number of imidazole rings is 1. The summed E-state index contributed by atoms with van der Waals surface area (Å²) in [4.78, 5) is 12.7. The first-order valence-corrected chi connectivity index (χ1v) is 16.9. The number of nitrogens with zero attached hydrogens (tertiary/aromatic N) is 4. The summed E-state index contributed by atoms with van der Waals surface area (Å²) in [5.41, 5.74) is 13.9. The van der Waals surface area contributed by atoms with Gasteiger partial charge in [-0.3, -0.25) is 4.40 Å². The molecule has 4 heteroatoms. The highest BCUT2D eigenvalue weighted by atomic mass is 15.1. The van der Waals surface area contributed by atoms with Crippen LogP contribution in [0.5, 0.6) is 0 Å². The second kappa shape index (κ2) is 11.4. The minimum atomic E-state index is 0.912. The van der Waals surface area contributed by atoms with Gasteiger partial charge in [-0.05, 0) is 89.0 Å². The SMILES string of the molecule is c1ccc(-c2ccc(N(c3ccc(-c4ccccc4)cc3)c3ccc4c5nc6ccccc6cc5c5nc6ccccc6n5c4c3)cc2)cc1. The minimum absolute atomic E-state index is 0.912. The number of rotatable bonds is 5. The number of aromatic nitrogens is 3. The first-order chi connectivity index (χ1) is 24.8. The van der Waals surface area contributed by atoms with E-state index in [0.29, 0.717) is 0 Å². The monoisotopic (exact) mass is 638 g/mol. The van der Waals surface area contributed by atoms with Crippen molar-refractivity contribution in [2.45, 2.75) is 0 Å². The molecule has 10 aromatic rings. The molecule has 0 aliphatic heterocycles. The van der Waals surface area contributed by atoms with Crippen molar-refractivity contribution in [3.05, 3.63) is 182 Å². The van der Waals surface area contributed by atoms with Gasteiger partial charge in [0.1, 0.15) is 5.65 Å². The zero-order chi connectivity index (χ0) is 33.0. The molecule has 0 saturated heterocycles. The van der Waals surface area contributed by atoms with Gasteiger partial charge in [-0.25, -0.2) is 9.97 Å². The lowest BCUT2D eigenvalue weighted by Crippen LogP contribution is -2.10. The second-order valence-corrected chi connectivity index (χ2v) is 12.7. The highest BCUT2D eigenvalue weighted by molar-refractivity contribution is 6.15. The van der Waals surface area contributed by atoms with Crippen LogP contribution in [0.4, 0.5) is 17.1 Å². The third-order valence-corrected chi connectivity index (χ3v) is 9.73. The number of fused-ring (bicyclic) bond motifs is 9. The summed E-state index contributed by atoms with van der Waals surface area (Å²) in [5.74, 6) is 0. The second-order valence-electron chi connectivity index (χ2n) is 12.7. The van der Waals surface area contributed by atoms with E-state index in [4.69, 9.17) is 9.97 Å². The molecule has 4 nitrogen and oxygen atoms in total. The van der Waals surface area contributed by atoms with Crippen LogP contribution in [0.15, 0.2) is 182 Å². The van der Waals surface area contributed by atoms with Crippen LogP contribution in [-0.4, -0.2) is 14.4 Å². The molecule has 0 N–H and O–H groups in total. The van der Waals surface area contributed by atoms with Crippen LogP contribution in [0, 0.1) is 0 Å². The maximum absolute atomic E-state index is 5.23. The molecule has 0 fully saturated rings. The zero-order valence-electron chi connectivity index (χ0n) is 27.1. The molecule has 0 aliphatic rings. The summed E-state index contributed by atoms with van der Waals surface area (Å²) in [5, 5.41) is 3.24. The van der Waals surface area contributed by atoms with Crippen LogP contribution in [0.3, 0.4) is 0 Å². The van der Waals surface area contributed by atoms with Crippen LogP contribution in [0.25, 0.3) is 71.6 Å². The third kappa shape index (κ3) is 4.61. The quantitative estimate of drug-likeness (QED) is 0.139. The van der Waals surface area contributed by atoms with Crippen molar-refractivity contribution in [3.63, 3.8) is 0 Å². The molecule has 7 aromatic carbocycles. The van der Waals surface area contributed by atoms with E-state index in [-0.39, 0.29) is 0 Å². The summed E-state index contributed by atoms with van der Waals surface area (Å²) in [6.07, 6.45) is 0. The van der Waals surface area contributed by atoms with Crippen molar-refractivity contribution in [2.24, 2.45) is 0 Å². The fourth-order valence-corrected chi connectivity index (χ4v) is 7.30. The molecule has 234 valence electrons. The smallest absolute Gasteiger partial charge is 0.147 e. The molecule has 50 heavy (non-hydrogen) atoms. The van der Waals surface area contributed by atoms with Crippen LogP contribution in [0.1, 0.15) is 0 Å². The molecule has 10 rings (SSSR count). The number of hydrogen-bond acceptors (Lipinski definition) is 3. The summed E-state index contributed by atoms with van der Waals surface area (Å²) in [6.45, 7) is 0. The predicted molar refractivity (Wildman–Crippen MR) is 209 cm³/mol. The Labute approximate surface area is 289 Å². The Hall–Kier alpha value is -6.78. The third-order valence-electron chi connectivity index (χ3n) is 9.73. The lowest BCUT2D eigenvalue weighted by molar-refractivity contribution is 1.27. The van der Waals surface area contributed by atoms with Crippen LogP contribution < -0.4 is 4.90 Å². The molecule has 0 radical (unpaired) electrons. The predicted octanol–water partition coefficient (Wildman–Crippen LogP) is 12.1. The summed E-state index contributed by atoms with van der Waals surface area (Å²) in [6, 6.07) is 64.5. The van der Waals surface area contributed by atoms with Crippen molar-refractivity contribution in [1.29, 1.82) is 0 Å². The first-order valence-electron chi connectivity index (χ1n) is 16.9. The van der Waals surface area contributed by atoms with Crippen molar-refractivity contribution in [2.75, 3.05) is 4.90 Å². The molecule has 0 amide bonds. The number of pyridine rings is 2. The van der Waals surface area contributed by atoms with Crippen LogP contribution >= 0.6 is 0 Å². The van der Waals surface area contributed by atoms with Gasteiger partial charge in [0, 0.05) is 33.2 Å². The highest BCUT2D eigenvalue weighted by Crippen LogP contribution is 2.40. The van der Waals surface area contributed by atoms with Gasteiger partial charge in [-0.2, -0.15) is 0 Å². The zero-order valence-corrected chi connectivity index (χ0v) is 27.1.